The molecule has 1 unspecified atom stereocenters. The van der Waals surface area contributed by atoms with Gasteiger partial charge >= 0.3 is 0 Å². The number of aryl methyl sites for hydroxylation is 2. The molecular weight excluding hydrogens is 422 g/mol. The van der Waals surface area contributed by atoms with Crippen molar-refractivity contribution in [3.8, 4) is 0 Å². The van der Waals surface area contributed by atoms with Crippen LogP contribution in [0.1, 0.15) is 32.8 Å². The van der Waals surface area contributed by atoms with Gasteiger partial charge in [-0.1, -0.05) is 49.9 Å². The Labute approximate surface area is 190 Å². The molecule has 166 valence electrons. The number of benzene rings is 2. The summed E-state index contributed by atoms with van der Waals surface area (Å²) in [5, 5.41) is 12.4. The monoisotopic (exact) mass is 449 g/mol. The number of fused-ring (bicyclic) bond motifs is 3. The fraction of sp³-hybridized carbons (Fsp3) is 0.333. The number of carbonyl (C=O) groups is 1. The topological polar surface area (TPSA) is 81.3 Å². The van der Waals surface area contributed by atoms with Crippen molar-refractivity contribution < 1.29 is 4.79 Å². The lowest BCUT2D eigenvalue weighted by molar-refractivity contribution is -0.115. The van der Waals surface area contributed by atoms with Crippen LogP contribution < -0.4 is 10.9 Å². The first-order valence-corrected chi connectivity index (χ1v) is 11.6. The molecule has 2 heterocycles. The predicted molar refractivity (Wildman–Crippen MR) is 129 cm³/mol. The fourth-order valence-electron chi connectivity index (χ4n) is 3.58. The summed E-state index contributed by atoms with van der Waals surface area (Å²) in [5.74, 6) is 0.841. The van der Waals surface area contributed by atoms with Gasteiger partial charge in [-0.05, 0) is 56.0 Å². The molecule has 4 aromatic rings. The van der Waals surface area contributed by atoms with Crippen LogP contribution in [-0.2, 0) is 11.3 Å². The van der Waals surface area contributed by atoms with Gasteiger partial charge in [-0.15, -0.1) is 10.2 Å². The van der Waals surface area contributed by atoms with Crippen LogP contribution >= 0.6 is 11.8 Å². The number of amides is 1. The second kappa shape index (κ2) is 9.16. The van der Waals surface area contributed by atoms with Gasteiger partial charge in [-0.3, -0.25) is 18.6 Å². The van der Waals surface area contributed by atoms with Gasteiger partial charge in [0.15, 0.2) is 5.16 Å². The van der Waals surface area contributed by atoms with Crippen molar-refractivity contribution in [3.63, 3.8) is 0 Å². The van der Waals surface area contributed by atoms with Crippen LogP contribution in [0.2, 0.25) is 0 Å². The summed E-state index contributed by atoms with van der Waals surface area (Å²) in [6, 6.07) is 15.2. The lowest BCUT2D eigenvalue weighted by Gasteiger charge is -2.14. The Morgan fingerprint density at radius 1 is 1.09 bits per heavy atom. The predicted octanol–water partition coefficient (Wildman–Crippen LogP) is 4.52. The van der Waals surface area contributed by atoms with Crippen molar-refractivity contribution in [2.45, 2.75) is 51.1 Å². The maximum absolute atomic E-state index is 13.1. The quantitative estimate of drug-likeness (QED) is 0.420. The fourth-order valence-corrected chi connectivity index (χ4v) is 4.43. The van der Waals surface area contributed by atoms with E-state index >= 15 is 0 Å². The van der Waals surface area contributed by atoms with Crippen molar-refractivity contribution in [2.24, 2.45) is 5.92 Å². The molecule has 1 N–H and O–H groups in total. The van der Waals surface area contributed by atoms with E-state index in [-0.39, 0.29) is 11.5 Å². The summed E-state index contributed by atoms with van der Waals surface area (Å²) in [4.78, 5) is 25.9. The Hall–Kier alpha value is -3.13. The highest BCUT2D eigenvalue weighted by atomic mass is 32.2. The van der Waals surface area contributed by atoms with Crippen LogP contribution in [0.15, 0.2) is 58.5 Å². The molecule has 2 aromatic heterocycles. The summed E-state index contributed by atoms with van der Waals surface area (Å²) in [5.41, 5.74) is 2.52. The number of carbonyl (C=O) groups excluding carboxylic acids is 1. The van der Waals surface area contributed by atoms with Crippen LogP contribution in [-0.4, -0.2) is 30.3 Å². The second-order valence-electron chi connectivity index (χ2n) is 8.39. The number of aromatic nitrogens is 4. The average Bonchev–Trinajstić information content (AvgIpc) is 3.17. The van der Waals surface area contributed by atoms with E-state index in [2.05, 4.69) is 29.4 Å². The van der Waals surface area contributed by atoms with Crippen molar-refractivity contribution in [2.75, 3.05) is 5.32 Å². The molecule has 1 atom stereocenters. The molecule has 0 aliphatic rings. The maximum Gasteiger partial charge on any atom is 0.262 e. The van der Waals surface area contributed by atoms with E-state index in [1.165, 1.54) is 11.8 Å². The molecule has 0 saturated heterocycles. The second-order valence-corrected chi connectivity index (χ2v) is 9.70. The Kier molecular flexibility index (Phi) is 6.32. The van der Waals surface area contributed by atoms with Crippen molar-refractivity contribution in [1.82, 2.24) is 19.2 Å². The van der Waals surface area contributed by atoms with Gasteiger partial charge in [0, 0.05) is 12.2 Å². The van der Waals surface area contributed by atoms with E-state index in [1.54, 1.807) is 4.57 Å². The van der Waals surface area contributed by atoms with Gasteiger partial charge in [0.05, 0.1) is 16.2 Å². The van der Waals surface area contributed by atoms with E-state index in [0.29, 0.717) is 28.8 Å². The van der Waals surface area contributed by atoms with Crippen molar-refractivity contribution in [1.29, 1.82) is 0 Å². The molecule has 2 aromatic carbocycles. The minimum Gasteiger partial charge on any atom is -0.325 e. The average molecular weight is 450 g/mol. The van der Waals surface area contributed by atoms with Crippen LogP contribution in [0.3, 0.4) is 0 Å². The highest BCUT2D eigenvalue weighted by molar-refractivity contribution is 8.00. The highest BCUT2D eigenvalue weighted by Gasteiger charge is 2.21. The molecular formula is C24H27N5O2S. The van der Waals surface area contributed by atoms with Gasteiger partial charge in [0.2, 0.25) is 11.7 Å². The summed E-state index contributed by atoms with van der Waals surface area (Å²) in [7, 11) is 0. The molecule has 0 spiro atoms. The van der Waals surface area contributed by atoms with Crippen LogP contribution in [0.5, 0.6) is 0 Å². The number of hydrogen-bond acceptors (Lipinski definition) is 5. The zero-order chi connectivity index (χ0) is 22.8. The first-order valence-electron chi connectivity index (χ1n) is 10.8. The van der Waals surface area contributed by atoms with Crippen LogP contribution in [0, 0.1) is 12.8 Å². The minimum absolute atomic E-state index is 0.0667. The number of anilines is 1. The summed E-state index contributed by atoms with van der Waals surface area (Å²) in [6.07, 6.45) is 0.860. The van der Waals surface area contributed by atoms with Crippen molar-refractivity contribution in [3.05, 3.63) is 64.4 Å². The Morgan fingerprint density at radius 3 is 2.62 bits per heavy atom. The summed E-state index contributed by atoms with van der Waals surface area (Å²) >= 11 is 1.33. The lowest BCUT2D eigenvalue weighted by Crippen LogP contribution is -2.25. The van der Waals surface area contributed by atoms with Crippen LogP contribution in [0.4, 0.5) is 5.69 Å². The van der Waals surface area contributed by atoms with Gasteiger partial charge < -0.3 is 5.32 Å². The lowest BCUT2D eigenvalue weighted by atomic mass is 10.1. The van der Waals surface area contributed by atoms with Gasteiger partial charge in [-0.2, -0.15) is 0 Å². The minimum atomic E-state index is -0.405. The number of para-hydroxylation sites is 1. The maximum atomic E-state index is 13.1. The standard InChI is InChI=1S/C24H27N5O2S/c1-15(2)12-13-28-22(31)19-10-5-6-11-20(19)29-23(28)26-27-24(29)32-17(4)21(30)25-18-9-7-8-16(3)14-18/h5-11,14-15,17H,12-13H2,1-4H3,(H,25,30). The van der Waals surface area contributed by atoms with Crippen LogP contribution in [0.25, 0.3) is 16.7 Å². The largest absolute Gasteiger partial charge is 0.325 e. The summed E-state index contributed by atoms with van der Waals surface area (Å²) in [6.45, 7) is 8.65. The smallest absolute Gasteiger partial charge is 0.262 e. The zero-order valence-electron chi connectivity index (χ0n) is 18.7. The molecule has 4 rings (SSSR count). The molecule has 0 saturated carbocycles. The van der Waals surface area contributed by atoms with E-state index in [4.69, 9.17) is 0 Å². The summed E-state index contributed by atoms with van der Waals surface area (Å²) < 4.78 is 3.58. The number of nitrogens with one attached hydrogen (secondary N) is 1. The SMILES string of the molecule is Cc1cccc(NC(=O)C(C)Sc2nnc3n(CCC(C)C)c(=O)c4ccccc4n23)c1. The molecule has 0 fully saturated rings. The molecule has 0 aliphatic heterocycles. The third-order valence-electron chi connectivity index (χ3n) is 5.35. The molecule has 0 radical (unpaired) electrons. The molecule has 8 heteroatoms. The van der Waals surface area contributed by atoms with Gasteiger partial charge in [0.25, 0.3) is 5.56 Å². The number of nitrogens with zero attached hydrogens (tertiary/aromatic N) is 4. The molecule has 0 aliphatic carbocycles. The Bertz CT molecular complexity index is 1340. The Balaban J connectivity index is 1.70. The van der Waals surface area contributed by atoms with Gasteiger partial charge in [0.1, 0.15) is 0 Å². The van der Waals surface area contributed by atoms with E-state index in [9.17, 15) is 9.59 Å². The molecule has 0 bridgehead atoms. The first kappa shape index (κ1) is 22.1. The molecule has 1 amide bonds. The van der Waals surface area contributed by atoms with E-state index < -0.39 is 5.25 Å². The van der Waals surface area contributed by atoms with Crippen molar-refractivity contribution >= 4 is 40.0 Å². The third-order valence-corrected chi connectivity index (χ3v) is 6.39. The van der Waals surface area contributed by atoms with Gasteiger partial charge in [-0.25, -0.2) is 0 Å². The first-order chi connectivity index (χ1) is 15.3. The van der Waals surface area contributed by atoms with E-state index in [1.807, 2.05) is 66.8 Å². The zero-order valence-corrected chi connectivity index (χ0v) is 19.5. The highest BCUT2D eigenvalue weighted by Crippen LogP contribution is 2.26. The normalized spacial score (nSPS) is 12.5. The Morgan fingerprint density at radius 2 is 1.88 bits per heavy atom. The number of rotatable bonds is 7. The molecule has 7 nitrogen and oxygen atoms in total. The molecule has 32 heavy (non-hydrogen) atoms. The number of thioether (sulfide) groups is 1. The third kappa shape index (κ3) is 4.41. The van der Waals surface area contributed by atoms with E-state index in [0.717, 1.165) is 23.2 Å². The number of hydrogen-bond donors (Lipinski definition) is 1.